The lowest BCUT2D eigenvalue weighted by Crippen LogP contribution is -1.99. The molecule has 4 heteroatoms. The molecule has 0 aromatic heterocycles. The Morgan fingerprint density at radius 2 is 1.62 bits per heavy atom. The molecule has 0 rings (SSSR count). The fraction of sp³-hybridized carbons (Fsp3) is 0.529. The number of hydrogen-bond donors (Lipinski definition) is 1. The third-order valence-electron chi connectivity index (χ3n) is 2.79. The highest BCUT2D eigenvalue weighted by atomic mass is 16.5. The van der Waals surface area contributed by atoms with Gasteiger partial charge >= 0.3 is 5.97 Å². The predicted molar refractivity (Wildman–Crippen MR) is 83.8 cm³/mol. The molecule has 0 spiro atoms. The maximum atomic E-state index is 11.5. The van der Waals surface area contributed by atoms with E-state index in [4.69, 9.17) is 5.11 Å². The van der Waals surface area contributed by atoms with Crippen molar-refractivity contribution in [3.63, 3.8) is 0 Å². The van der Waals surface area contributed by atoms with Crippen LogP contribution in [0.4, 0.5) is 0 Å². The molecular weight excluding hydrogens is 268 g/mol. The minimum absolute atomic E-state index is 0.104. The Morgan fingerprint density at radius 1 is 1.00 bits per heavy atom. The van der Waals surface area contributed by atoms with Crippen LogP contribution in [0.3, 0.4) is 0 Å². The number of ketones is 1. The van der Waals surface area contributed by atoms with Crippen LogP contribution in [0.5, 0.6) is 0 Å². The van der Waals surface area contributed by atoms with Crippen LogP contribution >= 0.6 is 0 Å². The normalized spacial score (nSPS) is 13.3. The average Bonchev–Trinajstić information content (AvgIpc) is 2.45. The number of methoxy groups -OCH3 is 1. The lowest BCUT2D eigenvalue weighted by Gasteiger charge is -1.99. The van der Waals surface area contributed by atoms with Gasteiger partial charge in [-0.05, 0) is 25.8 Å². The van der Waals surface area contributed by atoms with Gasteiger partial charge in [-0.2, -0.15) is 0 Å². The Hall–Kier alpha value is -1.68. The van der Waals surface area contributed by atoms with Crippen LogP contribution in [0.15, 0.2) is 36.5 Å². The molecule has 0 fully saturated rings. The van der Waals surface area contributed by atoms with E-state index in [2.05, 4.69) is 4.74 Å². The van der Waals surface area contributed by atoms with E-state index >= 15 is 0 Å². The van der Waals surface area contributed by atoms with Crippen molar-refractivity contribution in [3.05, 3.63) is 36.5 Å². The fourth-order valence-electron chi connectivity index (χ4n) is 1.62. The van der Waals surface area contributed by atoms with Crippen molar-refractivity contribution in [1.82, 2.24) is 0 Å². The molecule has 0 aliphatic heterocycles. The van der Waals surface area contributed by atoms with E-state index in [1.54, 1.807) is 43.4 Å². The number of aliphatic hydroxyl groups excluding tert-OH is 1. The molecule has 0 bridgehead atoms. The van der Waals surface area contributed by atoms with Crippen molar-refractivity contribution in [1.29, 1.82) is 0 Å². The second kappa shape index (κ2) is 13.3. The number of unbranched alkanes of at least 4 members (excludes halogenated alkanes) is 3. The Morgan fingerprint density at radius 3 is 2.24 bits per heavy atom. The van der Waals surface area contributed by atoms with E-state index in [9.17, 15) is 9.59 Å². The third kappa shape index (κ3) is 14.5. The summed E-state index contributed by atoms with van der Waals surface area (Å²) in [6.45, 7) is 1.68. The predicted octanol–water partition coefficient (Wildman–Crippen LogP) is 3.12. The summed E-state index contributed by atoms with van der Waals surface area (Å²) in [6.07, 6.45) is 14.2. The van der Waals surface area contributed by atoms with Crippen molar-refractivity contribution >= 4 is 11.8 Å². The Bertz CT molecular complexity index is 378. The number of aliphatic hydroxyl groups is 1. The molecule has 118 valence electrons. The first-order valence-corrected chi connectivity index (χ1v) is 7.35. The first kappa shape index (κ1) is 19.3. The van der Waals surface area contributed by atoms with Gasteiger partial charge < -0.3 is 9.84 Å². The molecule has 0 aromatic rings. The number of esters is 1. The van der Waals surface area contributed by atoms with Gasteiger partial charge in [-0.3, -0.25) is 9.59 Å². The van der Waals surface area contributed by atoms with Crippen LogP contribution < -0.4 is 0 Å². The van der Waals surface area contributed by atoms with Gasteiger partial charge in [0.15, 0.2) is 5.78 Å². The first-order chi connectivity index (χ1) is 10.1. The molecule has 4 nitrogen and oxygen atoms in total. The summed E-state index contributed by atoms with van der Waals surface area (Å²) in [7, 11) is 1.39. The van der Waals surface area contributed by atoms with Gasteiger partial charge in [0.1, 0.15) is 0 Å². The first-order valence-electron chi connectivity index (χ1n) is 7.35. The average molecular weight is 294 g/mol. The zero-order valence-corrected chi connectivity index (χ0v) is 13.0. The van der Waals surface area contributed by atoms with Crippen molar-refractivity contribution in [2.24, 2.45) is 0 Å². The lowest BCUT2D eigenvalue weighted by atomic mass is 10.1. The molecule has 1 unspecified atom stereocenters. The van der Waals surface area contributed by atoms with Gasteiger partial charge in [0.05, 0.1) is 13.2 Å². The molecule has 21 heavy (non-hydrogen) atoms. The Balaban J connectivity index is 3.60. The highest BCUT2D eigenvalue weighted by Crippen LogP contribution is 2.06. The van der Waals surface area contributed by atoms with Crippen molar-refractivity contribution < 1.29 is 19.4 Å². The Labute approximate surface area is 127 Å². The number of rotatable bonds is 11. The van der Waals surface area contributed by atoms with E-state index in [1.807, 2.05) is 0 Å². The van der Waals surface area contributed by atoms with E-state index < -0.39 is 6.10 Å². The number of carbonyl (C=O) groups is 2. The molecule has 0 aromatic carbocycles. The second-order valence-corrected chi connectivity index (χ2v) is 4.83. The van der Waals surface area contributed by atoms with Crippen LogP contribution in [0.2, 0.25) is 0 Å². The van der Waals surface area contributed by atoms with E-state index in [-0.39, 0.29) is 11.8 Å². The quantitative estimate of drug-likeness (QED) is 0.275. The monoisotopic (exact) mass is 294 g/mol. The Kier molecular flexibility index (Phi) is 12.2. The number of ether oxygens (including phenoxy) is 1. The van der Waals surface area contributed by atoms with Gasteiger partial charge in [0.2, 0.25) is 0 Å². The molecule has 0 amide bonds. The molecule has 0 saturated carbocycles. The molecule has 1 atom stereocenters. The molecule has 0 radical (unpaired) electrons. The highest BCUT2D eigenvalue weighted by Gasteiger charge is 2.00. The maximum Gasteiger partial charge on any atom is 0.305 e. The summed E-state index contributed by atoms with van der Waals surface area (Å²) >= 11 is 0. The van der Waals surface area contributed by atoms with Gasteiger partial charge in [-0.1, -0.05) is 43.2 Å². The van der Waals surface area contributed by atoms with E-state index in [0.717, 1.165) is 25.7 Å². The molecule has 0 saturated heterocycles. The van der Waals surface area contributed by atoms with Gasteiger partial charge in [-0.25, -0.2) is 0 Å². The van der Waals surface area contributed by atoms with Crippen molar-refractivity contribution in [2.45, 2.75) is 51.6 Å². The molecule has 0 heterocycles. The smallest absolute Gasteiger partial charge is 0.305 e. The standard InChI is InChI=1S/C17H26O4/c1-15(18)11-7-3-4-8-12-16(19)13-9-5-6-10-14-17(20)21-2/h3-4,7-8,11-12,15,18H,5-6,9-10,13-14H2,1-2H3. The highest BCUT2D eigenvalue weighted by molar-refractivity contribution is 5.89. The summed E-state index contributed by atoms with van der Waals surface area (Å²) < 4.78 is 4.55. The zero-order chi connectivity index (χ0) is 15.9. The SMILES string of the molecule is COC(=O)CCCCCCC(=O)C=CC=CC=CC(C)O. The lowest BCUT2D eigenvalue weighted by molar-refractivity contribution is -0.140. The number of hydrogen-bond acceptors (Lipinski definition) is 4. The minimum Gasteiger partial charge on any atom is -0.469 e. The van der Waals surface area contributed by atoms with Crippen molar-refractivity contribution in [3.8, 4) is 0 Å². The van der Waals surface area contributed by atoms with Crippen LogP contribution in [-0.2, 0) is 14.3 Å². The number of allylic oxidation sites excluding steroid dienone is 5. The van der Waals surface area contributed by atoms with Crippen LogP contribution in [0, 0.1) is 0 Å². The summed E-state index contributed by atoms with van der Waals surface area (Å²) in [4.78, 5) is 22.4. The van der Waals surface area contributed by atoms with Crippen LogP contribution in [0.25, 0.3) is 0 Å². The molecule has 0 aliphatic rings. The molecular formula is C17H26O4. The largest absolute Gasteiger partial charge is 0.469 e. The fourth-order valence-corrected chi connectivity index (χ4v) is 1.62. The van der Waals surface area contributed by atoms with Gasteiger partial charge in [0.25, 0.3) is 0 Å². The summed E-state index contributed by atoms with van der Waals surface area (Å²) in [5.41, 5.74) is 0. The summed E-state index contributed by atoms with van der Waals surface area (Å²) in [6, 6.07) is 0. The zero-order valence-electron chi connectivity index (χ0n) is 13.0. The van der Waals surface area contributed by atoms with Crippen molar-refractivity contribution in [2.75, 3.05) is 7.11 Å². The number of carbonyl (C=O) groups excluding carboxylic acids is 2. The van der Waals surface area contributed by atoms with Crippen LogP contribution in [0.1, 0.15) is 45.4 Å². The van der Waals surface area contributed by atoms with Gasteiger partial charge in [-0.15, -0.1) is 0 Å². The summed E-state index contributed by atoms with van der Waals surface area (Å²) in [5, 5.41) is 8.98. The second-order valence-electron chi connectivity index (χ2n) is 4.83. The van der Waals surface area contributed by atoms with Crippen LogP contribution in [-0.4, -0.2) is 30.1 Å². The maximum absolute atomic E-state index is 11.5. The van der Waals surface area contributed by atoms with E-state index in [1.165, 1.54) is 7.11 Å². The van der Waals surface area contributed by atoms with Gasteiger partial charge in [0, 0.05) is 12.8 Å². The summed E-state index contributed by atoms with van der Waals surface area (Å²) in [5.74, 6) is -0.0717. The molecule has 1 N–H and O–H groups in total. The third-order valence-corrected chi connectivity index (χ3v) is 2.79. The topological polar surface area (TPSA) is 63.6 Å². The minimum atomic E-state index is -0.459. The molecule has 0 aliphatic carbocycles. The van der Waals surface area contributed by atoms with E-state index in [0.29, 0.717) is 12.8 Å².